The number of likely N-dealkylation sites (tertiary alicyclic amines) is 1. The van der Waals surface area contributed by atoms with Crippen molar-refractivity contribution in [2.75, 3.05) is 26.3 Å². The number of amides is 1. The van der Waals surface area contributed by atoms with Crippen LogP contribution >= 0.6 is 0 Å². The van der Waals surface area contributed by atoms with E-state index in [4.69, 9.17) is 19.0 Å². The van der Waals surface area contributed by atoms with Crippen LogP contribution in [0, 0.1) is 11.3 Å². The van der Waals surface area contributed by atoms with Gasteiger partial charge in [-0.15, -0.1) is 0 Å². The number of ether oxygens (including phenoxy) is 3. The quantitative estimate of drug-likeness (QED) is 0.396. The summed E-state index contributed by atoms with van der Waals surface area (Å²) in [4.78, 5) is 43.5. The van der Waals surface area contributed by atoms with Gasteiger partial charge in [-0.05, 0) is 40.5 Å². The summed E-state index contributed by atoms with van der Waals surface area (Å²) in [5.74, 6) is -0.751. The van der Waals surface area contributed by atoms with Crippen LogP contribution in [-0.4, -0.2) is 60.7 Å². The van der Waals surface area contributed by atoms with E-state index in [0.717, 1.165) is 0 Å². The molecular formula is C19H32N2O7. The number of carbonyl (C=O) groups excluding carboxylic acids is 3. The first-order valence-corrected chi connectivity index (χ1v) is 9.45. The summed E-state index contributed by atoms with van der Waals surface area (Å²) in [6, 6.07) is 0. The molecule has 9 heteroatoms. The van der Waals surface area contributed by atoms with Crippen LogP contribution < -0.4 is 0 Å². The summed E-state index contributed by atoms with van der Waals surface area (Å²) in [6.45, 7) is 13.0. The lowest BCUT2D eigenvalue weighted by atomic mass is 9.80. The van der Waals surface area contributed by atoms with Crippen LogP contribution in [0.25, 0.3) is 0 Å². The molecule has 1 atom stereocenters. The van der Waals surface area contributed by atoms with Crippen molar-refractivity contribution in [2.24, 2.45) is 16.5 Å². The molecule has 0 radical (unpaired) electrons. The zero-order valence-electron chi connectivity index (χ0n) is 17.9. The fraction of sp³-hybridized carbons (Fsp3) is 0.789. The van der Waals surface area contributed by atoms with Gasteiger partial charge in [0.15, 0.2) is 0 Å². The van der Waals surface area contributed by atoms with Crippen molar-refractivity contribution < 1.29 is 33.4 Å². The van der Waals surface area contributed by atoms with Crippen LogP contribution in [-0.2, 0) is 23.8 Å². The van der Waals surface area contributed by atoms with E-state index in [9.17, 15) is 14.4 Å². The van der Waals surface area contributed by atoms with Crippen molar-refractivity contribution in [2.45, 2.75) is 60.5 Å². The molecule has 0 bridgehead atoms. The molecule has 0 N–H and O–H groups in total. The zero-order chi connectivity index (χ0) is 21.5. The number of carbonyl (C=O) groups is 3. The predicted molar refractivity (Wildman–Crippen MR) is 102 cm³/mol. The Labute approximate surface area is 166 Å². The molecule has 1 unspecified atom stereocenters. The second-order valence-corrected chi connectivity index (χ2v) is 8.28. The number of piperidine rings is 1. The van der Waals surface area contributed by atoms with Crippen LogP contribution in [0.2, 0.25) is 0 Å². The molecule has 1 amide bonds. The van der Waals surface area contributed by atoms with E-state index in [1.54, 1.807) is 34.6 Å². The van der Waals surface area contributed by atoms with Gasteiger partial charge in [0, 0.05) is 19.5 Å². The second-order valence-electron chi connectivity index (χ2n) is 8.28. The molecule has 1 aliphatic heterocycles. The van der Waals surface area contributed by atoms with Crippen LogP contribution in [0.15, 0.2) is 5.16 Å². The minimum Gasteiger partial charge on any atom is -0.444 e. The monoisotopic (exact) mass is 400 g/mol. The standard InChI is InChI=1S/C19H32N2O7/c1-8-26-20-14-9-10-21(16(23)28-18(4,5)6)12-19(14,7)15(22)27-17(24)25-11-13(2)3/h13H,8-12H2,1-7H3/b20-14+. The lowest BCUT2D eigenvalue weighted by Gasteiger charge is -2.39. The first-order chi connectivity index (χ1) is 12.9. The van der Waals surface area contributed by atoms with Gasteiger partial charge in [0.2, 0.25) is 0 Å². The van der Waals surface area contributed by atoms with Crippen molar-refractivity contribution >= 4 is 23.9 Å². The number of hydrogen-bond acceptors (Lipinski definition) is 8. The Balaban J connectivity index is 2.98. The van der Waals surface area contributed by atoms with Gasteiger partial charge in [-0.2, -0.15) is 0 Å². The minimum absolute atomic E-state index is 0.0515. The average Bonchev–Trinajstić information content (AvgIpc) is 2.57. The van der Waals surface area contributed by atoms with Gasteiger partial charge in [0.1, 0.15) is 17.6 Å². The highest BCUT2D eigenvalue weighted by Gasteiger charge is 2.48. The normalized spacial score (nSPS) is 21.4. The molecule has 0 spiro atoms. The van der Waals surface area contributed by atoms with Gasteiger partial charge >= 0.3 is 18.2 Å². The summed E-state index contributed by atoms with van der Waals surface area (Å²) >= 11 is 0. The third-order valence-corrected chi connectivity index (χ3v) is 3.88. The summed E-state index contributed by atoms with van der Waals surface area (Å²) in [5, 5.41) is 4.01. The van der Waals surface area contributed by atoms with Crippen LogP contribution in [0.5, 0.6) is 0 Å². The van der Waals surface area contributed by atoms with Crippen LogP contribution in [0.3, 0.4) is 0 Å². The lowest BCUT2D eigenvalue weighted by molar-refractivity contribution is -0.148. The Hall–Kier alpha value is -2.32. The predicted octanol–water partition coefficient (Wildman–Crippen LogP) is 3.36. The molecule has 1 rings (SSSR count). The van der Waals surface area contributed by atoms with Gasteiger partial charge in [-0.25, -0.2) is 9.59 Å². The molecule has 1 aliphatic rings. The molecule has 0 aromatic carbocycles. The SMILES string of the molecule is CCO/N=C1\CCN(C(=O)OC(C)(C)C)CC1(C)C(=O)OC(=O)OCC(C)C. The van der Waals surface area contributed by atoms with E-state index in [1.807, 2.05) is 13.8 Å². The van der Waals surface area contributed by atoms with Crippen molar-refractivity contribution in [1.82, 2.24) is 4.90 Å². The molecule has 0 aliphatic carbocycles. The van der Waals surface area contributed by atoms with Gasteiger partial charge in [0.25, 0.3) is 0 Å². The zero-order valence-corrected chi connectivity index (χ0v) is 17.9. The number of esters is 1. The Morgan fingerprint density at radius 2 is 1.89 bits per heavy atom. The van der Waals surface area contributed by atoms with Crippen molar-refractivity contribution in [3.8, 4) is 0 Å². The number of rotatable bonds is 5. The molecule has 28 heavy (non-hydrogen) atoms. The molecule has 0 saturated carbocycles. The maximum absolute atomic E-state index is 12.8. The van der Waals surface area contributed by atoms with Crippen LogP contribution in [0.4, 0.5) is 9.59 Å². The molecule has 1 saturated heterocycles. The number of oxime groups is 1. The third kappa shape index (κ3) is 7.01. The highest BCUT2D eigenvalue weighted by Crippen LogP contribution is 2.30. The largest absolute Gasteiger partial charge is 0.516 e. The fourth-order valence-electron chi connectivity index (χ4n) is 2.47. The van der Waals surface area contributed by atoms with E-state index in [1.165, 1.54) is 4.90 Å². The average molecular weight is 400 g/mol. The molecule has 0 aromatic rings. The van der Waals surface area contributed by atoms with E-state index < -0.39 is 29.2 Å². The Morgan fingerprint density at radius 1 is 1.25 bits per heavy atom. The van der Waals surface area contributed by atoms with Gasteiger partial charge in [0.05, 0.1) is 12.3 Å². The summed E-state index contributed by atoms with van der Waals surface area (Å²) in [6.07, 6.45) is -1.35. The first-order valence-electron chi connectivity index (χ1n) is 9.45. The van der Waals surface area contributed by atoms with Crippen molar-refractivity contribution in [3.63, 3.8) is 0 Å². The molecule has 1 heterocycles. The van der Waals surface area contributed by atoms with Gasteiger partial charge in [-0.1, -0.05) is 19.0 Å². The van der Waals surface area contributed by atoms with Crippen molar-refractivity contribution in [1.29, 1.82) is 0 Å². The Morgan fingerprint density at radius 3 is 2.43 bits per heavy atom. The van der Waals surface area contributed by atoms with Crippen LogP contribution in [0.1, 0.15) is 54.9 Å². The topological polar surface area (TPSA) is 104 Å². The molecule has 9 nitrogen and oxygen atoms in total. The number of hydrogen-bond donors (Lipinski definition) is 0. The second kappa shape index (κ2) is 9.75. The maximum Gasteiger partial charge on any atom is 0.516 e. The molecular weight excluding hydrogens is 368 g/mol. The van der Waals surface area contributed by atoms with Crippen molar-refractivity contribution in [3.05, 3.63) is 0 Å². The van der Waals surface area contributed by atoms with Gasteiger partial charge in [-0.3, -0.25) is 4.79 Å². The fourth-order valence-corrected chi connectivity index (χ4v) is 2.47. The molecule has 1 fully saturated rings. The van der Waals surface area contributed by atoms with Gasteiger partial charge < -0.3 is 23.9 Å². The highest BCUT2D eigenvalue weighted by atomic mass is 16.7. The van der Waals surface area contributed by atoms with E-state index >= 15 is 0 Å². The van der Waals surface area contributed by atoms with E-state index in [-0.39, 0.29) is 25.5 Å². The van der Waals surface area contributed by atoms with E-state index in [2.05, 4.69) is 5.16 Å². The third-order valence-electron chi connectivity index (χ3n) is 3.88. The first kappa shape index (κ1) is 23.7. The minimum atomic E-state index is -1.36. The Bertz CT molecular complexity index is 610. The smallest absolute Gasteiger partial charge is 0.444 e. The summed E-state index contributed by atoms with van der Waals surface area (Å²) in [5.41, 5.74) is -1.63. The molecule has 0 aromatic heterocycles. The number of nitrogens with zero attached hydrogens (tertiary/aromatic N) is 2. The summed E-state index contributed by atoms with van der Waals surface area (Å²) < 4.78 is 15.2. The maximum atomic E-state index is 12.8. The van der Waals surface area contributed by atoms with E-state index in [0.29, 0.717) is 18.9 Å². The summed E-state index contributed by atoms with van der Waals surface area (Å²) in [7, 11) is 0. The molecule has 160 valence electrons. The lowest BCUT2D eigenvalue weighted by Crippen LogP contribution is -2.55. The Kier molecular flexibility index (Phi) is 8.26. The highest BCUT2D eigenvalue weighted by molar-refractivity contribution is 6.09.